The van der Waals surface area contributed by atoms with E-state index in [4.69, 9.17) is 5.10 Å². The Morgan fingerprint density at radius 3 is 2.96 bits per heavy atom. The molecule has 23 heavy (non-hydrogen) atoms. The van der Waals surface area contributed by atoms with Gasteiger partial charge in [-0.1, -0.05) is 6.92 Å². The van der Waals surface area contributed by atoms with Crippen LogP contribution in [-0.4, -0.2) is 43.4 Å². The second kappa shape index (κ2) is 5.35. The lowest BCUT2D eigenvalue weighted by Crippen LogP contribution is -2.19. The number of pyridine rings is 1. The Labute approximate surface area is 133 Å². The first-order chi connectivity index (χ1) is 11.3. The highest BCUT2D eigenvalue weighted by molar-refractivity contribution is 5.79. The Kier molecular flexibility index (Phi) is 3.18. The van der Waals surface area contributed by atoms with Gasteiger partial charge in [-0.3, -0.25) is 5.10 Å². The maximum atomic E-state index is 4.73. The zero-order valence-corrected chi connectivity index (χ0v) is 13.1. The standard InChI is InChI=1S/C16H17N7/c1-3-6-22(2)15-5-4-14-17-10-13(23(14)21-15)11-7-12-9-19-20-16(12)18-8-11/h4-5,7-10H,3,6H2,1-2H3,(H,18,19,20). The summed E-state index contributed by atoms with van der Waals surface area (Å²) in [7, 11) is 2.05. The first kappa shape index (κ1) is 13.7. The van der Waals surface area contributed by atoms with E-state index in [0.717, 1.165) is 46.7 Å². The van der Waals surface area contributed by atoms with Crippen molar-refractivity contribution in [2.75, 3.05) is 18.5 Å². The van der Waals surface area contributed by atoms with Crippen LogP contribution in [-0.2, 0) is 0 Å². The molecule has 4 rings (SSSR count). The Hall–Kier alpha value is -2.96. The molecule has 4 heterocycles. The van der Waals surface area contributed by atoms with Gasteiger partial charge in [0, 0.05) is 30.7 Å². The lowest BCUT2D eigenvalue weighted by Gasteiger charge is -2.17. The molecule has 0 spiro atoms. The summed E-state index contributed by atoms with van der Waals surface area (Å²) in [4.78, 5) is 11.0. The van der Waals surface area contributed by atoms with E-state index in [9.17, 15) is 0 Å². The molecular weight excluding hydrogens is 290 g/mol. The third kappa shape index (κ3) is 2.30. The van der Waals surface area contributed by atoms with Crippen LogP contribution in [0.5, 0.6) is 0 Å². The van der Waals surface area contributed by atoms with Gasteiger partial charge in [0.05, 0.1) is 18.1 Å². The number of H-pyrrole nitrogens is 1. The zero-order chi connectivity index (χ0) is 15.8. The summed E-state index contributed by atoms with van der Waals surface area (Å²) in [5.74, 6) is 0.927. The number of anilines is 1. The van der Waals surface area contributed by atoms with Crippen LogP contribution in [0.15, 0.2) is 36.8 Å². The average Bonchev–Trinajstić information content (AvgIpc) is 3.20. The molecule has 0 saturated carbocycles. The van der Waals surface area contributed by atoms with Crippen molar-refractivity contribution in [3.8, 4) is 11.3 Å². The minimum atomic E-state index is 0.777. The summed E-state index contributed by atoms with van der Waals surface area (Å²) in [6.45, 7) is 3.12. The number of hydrogen-bond donors (Lipinski definition) is 1. The number of aromatic nitrogens is 6. The number of rotatable bonds is 4. The number of nitrogens with one attached hydrogen (secondary N) is 1. The predicted molar refractivity (Wildman–Crippen MR) is 89.4 cm³/mol. The van der Waals surface area contributed by atoms with Gasteiger partial charge >= 0.3 is 0 Å². The van der Waals surface area contributed by atoms with E-state index in [1.165, 1.54) is 0 Å². The summed E-state index contributed by atoms with van der Waals surface area (Å²) in [5, 5.41) is 12.6. The summed E-state index contributed by atoms with van der Waals surface area (Å²) in [6, 6.07) is 6.03. The minimum Gasteiger partial charge on any atom is -0.358 e. The molecule has 0 amide bonds. The Morgan fingerprint density at radius 2 is 2.09 bits per heavy atom. The first-order valence-electron chi connectivity index (χ1n) is 7.61. The molecule has 4 aromatic heterocycles. The van der Waals surface area contributed by atoms with Crippen LogP contribution in [0.3, 0.4) is 0 Å². The molecule has 4 aromatic rings. The average molecular weight is 307 g/mol. The summed E-state index contributed by atoms with van der Waals surface area (Å²) >= 11 is 0. The molecule has 7 nitrogen and oxygen atoms in total. The van der Waals surface area contributed by atoms with Gasteiger partial charge in [-0.15, -0.1) is 5.10 Å². The van der Waals surface area contributed by atoms with Crippen molar-refractivity contribution in [2.24, 2.45) is 0 Å². The highest BCUT2D eigenvalue weighted by atomic mass is 15.3. The molecule has 0 saturated heterocycles. The summed E-state index contributed by atoms with van der Waals surface area (Å²) in [6.07, 6.45) is 6.49. The monoisotopic (exact) mass is 307 g/mol. The van der Waals surface area contributed by atoms with Gasteiger partial charge in [-0.05, 0) is 24.6 Å². The Bertz CT molecular complexity index is 969. The van der Waals surface area contributed by atoms with Crippen LogP contribution in [0.1, 0.15) is 13.3 Å². The molecule has 0 aliphatic carbocycles. The molecule has 0 aliphatic rings. The van der Waals surface area contributed by atoms with E-state index >= 15 is 0 Å². The largest absolute Gasteiger partial charge is 0.358 e. The van der Waals surface area contributed by atoms with Crippen molar-refractivity contribution >= 4 is 22.5 Å². The lowest BCUT2D eigenvalue weighted by atomic mass is 10.2. The third-order valence-corrected chi connectivity index (χ3v) is 3.89. The molecule has 0 radical (unpaired) electrons. The SMILES string of the molecule is CCCN(C)c1ccc2ncc(-c3cnc4[nH]ncc4c3)n2n1. The summed E-state index contributed by atoms with van der Waals surface area (Å²) in [5.41, 5.74) is 3.48. The molecule has 1 N–H and O–H groups in total. The van der Waals surface area contributed by atoms with Crippen molar-refractivity contribution in [3.63, 3.8) is 0 Å². The Morgan fingerprint density at radius 1 is 1.17 bits per heavy atom. The van der Waals surface area contributed by atoms with Gasteiger partial charge in [-0.25, -0.2) is 14.5 Å². The molecule has 0 atom stereocenters. The first-order valence-corrected chi connectivity index (χ1v) is 7.61. The van der Waals surface area contributed by atoms with Crippen LogP contribution in [0.25, 0.3) is 27.9 Å². The van der Waals surface area contributed by atoms with Gasteiger partial charge in [0.15, 0.2) is 11.3 Å². The molecular formula is C16H17N7. The maximum Gasteiger partial charge on any atom is 0.155 e. The van der Waals surface area contributed by atoms with Gasteiger partial charge in [-0.2, -0.15) is 5.10 Å². The fourth-order valence-corrected chi connectivity index (χ4v) is 2.69. The van der Waals surface area contributed by atoms with Crippen LogP contribution in [0.2, 0.25) is 0 Å². The molecule has 0 bridgehead atoms. The fraction of sp³-hybridized carbons (Fsp3) is 0.250. The lowest BCUT2D eigenvalue weighted by molar-refractivity contribution is 0.810. The van der Waals surface area contributed by atoms with E-state index < -0.39 is 0 Å². The molecule has 7 heteroatoms. The van der Waals surface area contributed by atoms with E-state index in [-0.39, 0.29) is 0 Å². The van der Waals surface area contributed by atoms with Crippen molar-refractivity contribution in [1.82, 2.24) is 29.8 Å². The number of hydrogen-bond acceptors (Lipinski definition) is 5. The van der Waals surface area contributed by atoms with Gasteiger partial charge < -0.3 is 4.90 Å². The molecule has 0 unspecified atom stereocenters. The highest BCUT2D eigenvalue weighted by Gasteiger charge is 2.11. The second-order valence-electron chi connectivity index (χ2n) is 5.56. The van der Waals surface area contributed by atoms with E-state index in [1.54, 1.807) is 6.20 Å². The summed E-state index contributed by atoms with van der Waals surface area (Å²) < 4.78 is 1.87. The van der Waals surface area contributed by atoms with Crippen LogP contribution in [0, 0.1) is 0 Å². The van der Waals surface area contributed by atoms with E-state index in [1.807, 2.05) is 42.2 Å². The van der Waals surface area contributed by atoms with Gasteiger partial charge in [0.25, 0.3) is 0 Å². The molecule has 0 aliphatic heterocycles. The second-order valence-corrected chi connectivity index (χ2v) is 5.56. The Balaban J connectivity index is 1.84. The number of fused-ring (bicyclic) bond motifs is 2. The van der Waals surface area contributed by atoms with Crippen molar-refractivity contribution in [1.29, 1.82) is 0 Å². The topological polar surface area (TPSA) is 75.0 Å². The third-order valence-electron chi connectivity index (χ3n) is 3.89. The molecule has 0 aromatic carbocycles. The highest BCUT2D eigenvalue weighted by Crippen LogP contribution is 2.23. The quantitative estimate of drug-likeness (QED) is 0.627. The van der Waals surface area contributed by atoms with Crippen LogP contribution >= 0.6 is 0 Å². The fourth-order valence-electron chi connectivity index (χ4n) is 2.69. The van der Waals surface area contributed by atoms with E-state index in [2.05, 4.69) is 32.0 Å². The minimum absolute atomic E-state index is 0.777. The van der Waals surface area contributed by atoms with Gasteiger partial charge in [0.1, 0.15) is 5.82 Å². The van der Waals surface area contributed by atoms with Crippen molar-refractivity contribution < 1.29 is 0 Å². The zero-order valence-electron chi connectivity index (χ0n) is 13.1. The number of nitrogens with zero attached hydrogens (tertiary/aromatic N) is 6. The number of aromatic amines is 1. The van der Waals surface area contributed by atoms with Crippen LogP contribution in [0.4, 0.5) is 5.82 Å². The van der Waals surface area contributed by atoms with Crippen molar-refractivity contribution in [2.45, 2.75) is 13.3 Å². The van der Waals surface area contributed by atoms with Gasteiger partial charge in [0.2, 0.25) is 0 Å². The molecule has 0 fully saturated rings. The van der Waals surface area contributed by atoms with Crippen LogP contribution < -0.4 is 4.90 Å². The van der Waals surface area contributed by atoms with Crippen molar-refractivity contribution in [3.05, 3.63) is 36.8 Å². The van der Waals surface area contributed by atoms with E-state index in [0.29, 0.717) is 0 Å². The predicted octanol–water partition coefficient (Wildman–Crippen LogP) is 2.51. The number of imidazole rings is 1. The maximum absolute atomic E-state index is 4.73. The normalized spacial score (nSPS) is 11.4. The molecule has 116 valence electrons. The smallest absolute Gasteiger partial charge is 0.155 e.